The molecule has 1 saturated heterocycles. The lowest BCUT2D eigenvalue weighted by atomic mass is 10.1. The van der Waals surface area contributed by atoms with Crippen LogP contribution in [0.2, 0.25) is 10.0 Å². The van der Waals surface area contributed by atoms with E-state index in [0.29, 0.717) is 48.6 Å². The predicted octanol–water partition coefficient (Wildman–Crippen LogP) is 6.89. The summed E-state index contributed by atoms with van der Waals surface area (Å²) in [5.74, 6) is 0.675. The number of aromatic nitrogens is 1. The molecule has 12 heteroatoms. The predicted molar refractivity (Wildman–Crippen MR) is 141 cm³/mol. The Hall–Kier alpha value is -3.18. The van der Waals surface area contributed by atoms with E-state index in [1.54, 1.807) is 42.5 Å². The third-order valence-electron chi connectivity index (χ3n) is 4.67. The third-order valence-corrected chi connectivity index (χ3v) is 6.71. The number of carbonyl (C=O) groups excluding carboxylic acids is 1. The van der Waals surface area contributed by atoms with Crippen molar-refractivity contribution >= 4 is 74.9 Å². The standard InChI is InChI=1S/C23H15Cl2N3O5S2/c1-2-32-19-9-13(3-7-18(19)33-21-8-5-15(12-26-21)28(30)31)10-20-22(29)27(23(34)35-20)14-4-6-16(24)17(25)11-14/h3-12H,2H2,1H3/b20-10+. The normalized spacial score (nSPS) is 14.5. The summed E-state index contributed by atoms with van der Waals surface area (Å²) in [6.45, 7) is 2.19. The monoisotopic (exact) mass is 547 g/mol. The van der Waals surface area contributed by atoms with Gasteiger partial charge in [-0.3, -0.25) is 19.8 Å². The molecule has 0 atom stereocenters. The summed E-state index contributed by atoms with van der Waals surface area (Å²) in [4.78, 5) is 29.1. The number of thioether (sulfide) groups is 1. The summed E-state index contributed by atoms with van der Waals surface area (Å²) in [6.07, 6.45) is 2.81. The number of nitrogens with zero attached hydrogens (tertiary/aromatic N) is 3. The molecule has 178 valence electrons. The van der Waals surface area contributed by atoms with Crippen molar-refractivity contribution in [2.75, 3.05) is 11.5 Å². The number of pyridine rings is 1. The highest BCUT2D eigenvalue weighted by Gasteiger charge is 2.33. The summed E-state index contributed by atoms with van der Waals surface area (Å²) in [7, 11) is 0. The Kier molecular flexibility index (Phi) is 7.56. The second-order valence-corrected chi connectivity index (χ2v) is 9.46. The van der Waals surface area contributed by atoms with E-state index in [4.69, 9.17) is 44.9 Å². The summed E-state index contributed by atoms with van der Waals surface area (Å²) in [5.41, 5.74) is 1.07. The zero-order chi connectivity index (χ0) is 25.1. The molecule has 2 aromatic carbocycles. The van der Waals surface area contributed by atoms with Gasteiger partial charge in [0.05, 0.1) is 32.2 Å². The van der Waals surface area contributed by atoms with Gasteiger partial charge in [0.1, 0.15) is 6.20 Å². The molecule has 1 fully saturated rings. The summed E-state index contributed by atoms with van der Waals surface area (Å²) >= 11 is 18.7. The summed E-state index contributed by atoms with van der Waals surface area (Å²) in [5, 5.41) is 11.5. The van der Waals surface area contributed by atoms with Gasteiger partial charge < -0.3 is 9.47 Å². The SMILES string of the molecule is CCOc1cc(/C=C2/SC(=S)N(c3ccc(Cl)c(Cl)c3)C2=O)ccc1Oc1ccc([N+](=O)[O-])cn1. The van der Waals surface area contributed by atoms with Crippen molar-refractivity contribution in [2.24, 2.45) is 0 Å². The van der Waals surface area contributed by atoms with Crippen LogP contribution < -0.4 is 14.4 Å². The van der Waals surface area contributed by atoms with E-state index in [-0.39, 0.29) is 17.5 Å². The number of hydrogen-bond donors (Lipinski definition) is 0. The molecule has 0 saturated carbocycles. The number of hydrogen-bond acceptors (Lipinski definition) is 8. The van der Waals surface area contributed by atoms with E-state index in [2.05, 4.69) is 4.98 Å². The molecule has 1 aliphatic heterocycles. The second kappa shape index (κ2) is 10.6. The number of amides is 1. The van der Waals surface area contributed by atoms with Gasteiger partial charge in [0.2, 0.25) is 5.88 Å². The topological polar surface area (TPSA) is 94.8 Å². The molecular weight excluding hydrogens is 533 g/mol. The Morgan fingerprint density at radius 3 is 2.60 bits per heavy atom. The number of halogens is 2. The van der Waals surface area contributed by atoms with Crippen LogP contribution in [0.5, 0.6) is 17.4 Å². The van der Waals surface area contributed by atoms with Gasteiger partial charge in [-0.15, -0.1) is 0 Å². The quantitative estimate of drug-likeness (QED) is 0.136. The van der Waals surface area contributed by atoms with Crippen molar-refractivity contribution in [2.45, 2.75) is 6.92 Å². The van der Waals surface area contributed by atoms with Crippen molar-refractivity contribution in [3.8, 4) is 17.4 Å². The van der Waals surface area contributed by atoms with E-state index in [9.17, 15) is 14.9 Å². The maximum Gasteiger partial charge on any atom is 0.287 e. The Balaban J connectivity index is 1.59. The van der Waals surface area contributed by atoms with Gasteiger partial charge in [-0.05, 0) is 48.9 Å². The van der Waals surface area contributed by atoms with Gasteiger partial charge in [-0.2, -0.15) is 0 Å². The van der Waals surface area contributed by atoms with E-state index in [1.807, 2.05) is 6.92 Å². The smallest absolute Gasteiger partial charge is 0.287 e. The fraction of sp³-hybridized carbons (Fsp3) is 0.0870. The molecule has 8 nitrogen and oxygen atoms in total. The van der Waals surface area contributed by atoms with E-state index < -0.39 is 4.92 Å². The fourth-order valence-corrected chi connectivity index (χ4v) is 4.68. The van der Waals surface area contributed by atoms with Crippen LogP contribution in [0.25, 0.3) is 6.08 Å². The van der Waals surface area contributed by atoms with Gasteiger partial charge in [-0.25, -0.2) is 4.98 Å². The van der Waals surface area contributed by atoms with Crippen molar-refractivity contribution < 1.29 is 19.2 Å². The minimum absolute atomic E-state index is 0.143. The average Bonchev–Trinajstić information content (AvgIpc) is 3.10. The number of thiocarbonyl (C=S) groups is 1. The zero-order valence-corrected chi connectivity index (χ0v) is 21.1. The zero-order valence-electron chi connectivity index (χ0n) is 17.9. The molecule has 0 aliphatic carbocycles. The first kappa shape index (κ1) is 24.9. The average molecular weight is 548 g/mol. The number of rotatable bonds is 7. The molecule has 4 rings (SSSR count). The van der Waals surface area contributed by atoms with Crippen LogP contribution >= 0.6 is 47.2 Å². The highest BCUT2D eigenvalue weighted by molar-refractivity contribution is 8.27. The molecule has 0 spiro atoms. The van der Waals surface area contributed by atoms with Crippen LogP contribution in [-0.4, -0.2) is 26.7 Å². The summed E-state index contributed by atoms with van der Waals surface area (Å²) in [6, 6.07) is 12.7. The lowest BCUT2D eigenvalue weighted by Gasteiger charge is -2.15. The van der Waals surface area contributed by atoms with Gasteiger partial charge in [0.15, 0.2) is 15.8 Å². The first-order valence-electron chi connectivity index (χ1n) is 10.0. The number of carbonyl (C=O) groups is 1. The highest BCUT2D eigenvalue weighted by Crippen LogP contribution is 2.39. The molecule has 2 heterocycles. The molecule has 1 aromatic heterocycles. The lowest BCUT2D eigenvalue weighted by Crippen LogP contribution is -2.27. The Labute approximate surface area is 219 Å². The number of anilines is 1. The van der Waals surface area contributed by atoms with Gasteiger partial charge >= 0.3 is 0 Å². The van der Waals surface area contributed by atoms with Crippen molar-refractivity contribution in [1.82, 2.24) is 4.98 Å². The number of benzene rings is 2. The maximum atomic E-state index is 13.1. The van der Waals surface area contributed by atoms with Crippen LogP contribution in [0.15, 0.2) is 59.6 Å². The number of nitro groups is 1. The molecule has 3 aromatic rings. The highest BCUT2D eigenvalue weighted by atomic mass is 35.5. The van der Waals surface area contributed by atoms with Gasteiger partial charge in [-0.1, -0.05) is 53.2 Å². The van der Waals surface area contributed by atoms with Crippen LogP contribution in [0.1, 0.15) is 12.5 Å². The van der Waals surface area contributed by atoms with E-state index in [1.165, 1.54) is 28.8 Å². The molecule has 0 N–H and O–H groups in total. The minimum Gasteiger partial charge on any atom is -0.490 e. The molecule has 0 bridgehead atoms. The Bertz CT molecular complexity index is 1370. The summed E-state index contributed by atoms with van der Waals surface area (Å²) < 4.78 is 11.8. The largest absolute Gasteiger partial charge is 0.490 e. The first-order valence-corrected chi connectivity index (χ1v) is 12.0. The first-order chi connectivity index (χ1) is 16.8. The molecule has 0 radical (unpaired) electrons. The Morgan fingerprint density at radius 1 is 1.14 bits per heavy atom. The lowest BCUT2D eigenvalue weighted by molar-refractivity contribution is -0.385. The minimum atomic E-state index is -0.540. The molecule has 1 amide bonds. The van der Waals surface area contributed by atoms with Gasteiger partial charge in [0.25, 0.3) is 11.6 Å². The van der Waals surface area contributed by atoms with E-state index in [0.717, 1.165) is 6.20 Å². The van der Waals surface area contributed by atoms with Crippen molar-refractivity contribution in [3.05, 3.63) is 85.4 Å². The fourth-order valence-electron chi connectivity index (χ4n) is 3.09. The van der Waals surface area contributed by atoms with Gasteiger partial charge in [0, 0.05) is 12.1 Å². The second-order valence-electron chi connectivity index (χ2n) is 6.97. The van der Waals surface area contributed by atoms with Crippen LogP contribution in [0, 0.1) is 10.1 Å². The van der Waals surface area contributed by atoms with E-state index >= 15 is 0 Å². The molecule has 0 unspecified atom stereocenters. The third kappa shape index (κ3) is 5.57. The molecule has 1 aliphatic rings. The van der Waals surface area contributed by atoms with Crippen LogP contribution in [0.3, 0.4) is 0 Å². The van der Waals surface area contributed by atoms with Crippen molar-refractivity contribution in [3.63, 3.8) is 0 Å². The molecule has 35 heavy (non-hydrogen) atoms. The Morgan fingerprint density at radius 2 is 1.94 bits per heavy atom. The van der Waals surface area contributed by atoms with Crippen molar-refractivity contribution in [1.29, 1.82) is 0 Å². The molecular formula is C23H15Cl2N3O5S2. The number of ether oxygens (including phenoxy) is 2. The van der Waals surface area contributed by atoms with Crippen LogP contribution in [-0.2, 0) is 4.79 Å². The van der Waals surface area contributed by atoms with Crippen LogP contribution in [0.4, 0.5) is 11.4 Å². The maximum absolute atomic E-state index is 13.1.